The molecule has 1 aromatic carbocycles. The van der Waals surface area contributed by atoms with Crippen LogP contribution in [-0.2, 0) is 26.0 Å². The SMILES string of the molecule is CN(C)C(=O)CCNS(=O)(=O)c1ccc(CC(=O)O)cc1. The van der Waals surface area contributed by atoms with Crippen molar-refractivity contribution in [1.82, 2.24) is 9.62 Å². The third-order valence-corrected chi connectivity index (χ3v) is 4.20. The van der Waals surface area contributed by atoms with Crippen molar-refractivity contribution in [3.8, 4) is 0 Å². The summed E-state index contributed by atoms with van der Waals surface area (Å²) >= 11 is 0. The van der Waals surface area contributed by atoms with E-state index in [0.29, 0.717) is 5.56 Å². The van der Waals surface area contributed by atoms with Crippen LogP contribution in [0.1, 0.15) is 12.0 Å². The first-order valence-corrected chi connectivity index (χ1v) is 7.71. The zero-order valence-corrected chi connectivity index (χ0v) is 12.7. The van der Waals surface area contributed by atoms with Crippen LogP contribution in [-0.4, -0.2) is 50.9 Å². The van der Waals surface area contributed by atoms with Crippen LogP contribution < -0.4 is 4.72 Å². The zero-order valence-electron chi connectivity index (χ0n) is 11.9. The molecular weight excluding hydrogens is 296 g/mol. The predicted molar refractivity (Wildman–Crippen MR) is 76.3 cm³/mol. The number of hydrogen-bond donors (Lipinski definition) is 2. The van der Waals surface area contributed by atoms with Crippen LogP contribution in [0.2, 0.25) is 0 Å². The largest absolute Gasteiger partial charge is 0.481 e. The molecule has 0 aromatic heterocycles. The summed E-state index contributed by atoms with van der Waals surface area (Å²) in [6.07, 6.45) is -0.0889. The van der Waals surface area contributed by atoms with E-state index < -0.39 is 16.0 Å². The molecule has 8 heteroatoms. The molecular formula is C13H18N2O5S. The van der Waals surface area contributed by atoms with Gasteiger partial charge in [-0.25, -0.2) is 13.1 Å². The standard InChI is InChI=1S/C13H18N2O5S/c1-15(2)12(16)7-8-14-21(19,20)11-5-3-10(4-6-11)9-13(17)18/h3-6,14H,7-9H2,1-2H3,(H,17,18). The Morgan fingerprint density at radius 2 is 1.76 bits per heavy atom. The molecule has 0 aliphatic heterocycles. The maximum Gasteiger partial charge on any atom is 0.307 e. The summed E-state index contributed by atoms with van der Waals surface area (Å²) in [6.45, 7) is 0.0101. The monoisotopic (exact) mass is 314 g/mol. The summed E-state index contributed by atoms with van der Waals surface area (Å²) in [7, 11) is -0.505. The molecule has 1 aromatic rings. The molecule has 2 N–H and O–H groups in total. The van der Waals surface area contributed by atoms with Gasteiger partial charge in [0.25, 0.3) is 0 Å². The van der Waals surface area contributed by atoms with E-state index in [-0.39, 0.29) is 30.2 Å². The van der Waals surface area contributed by atoms with Crippen molar-refractivity contribution in [1.29, 1.82) is 0 Å². The Labute approximate surface area is 123 Å². The number of carbonyl (C=O) groups excluding carboxylic acids is 1. The third kappa shape index (κ3) is 5.52. The summed E-state index contributed by atoms with van der Waals surface area (Å²) in [6, 6.07) is 5.59. The van der Waals surface area contributed by atoms with Gasteiger partial charge in [0.05, 0.1) is 11.3 Å². The number of carbonyl (C=O) groups is 2. The Morgan fingerprint density at radius 3 is 2.24 bits per heavy atom. The van der Waals surface area contributed by atoms with Gasteiger partial charge in [0.15, 0.2) is 0 Å². The number of nitrogens with zero attached hydrogens (tertiary/aromatic N) is 1. The van der Waals surface area contributed by atoms with Crippen molar-refractivity contribution in [2.45, 2.75) is 17.7 Å². The lowest BCUT2D eigenvalue weighted by atomic mass is 10.2. The molecule has 1 rings (SSSR count). The van der Waals surface area contributed by atoms with Gasteiger partial charge < -0.3 is 10.0 Å². The lowest BCUT2D eigenvalue weighted by molar-refractivity contribution is -0.136. The fraction of sp³-hybridized carbons (Fsp3) is 0.385. The molecule has 0 aliphatic rings. The molecule has 0 saturated heterocycles. The van der Waals surface area contributed by atoms with E-state index in [4.69, 9.17) is 5.11 Å². The highest BCUT2D eigenvalue weighted by Gasteiger charge is 2.14. The predicted octanol–water partition coefficient (Wildman–Crippen LogP) is 0.0703. The van der Waals surface area contributed by atoms with E-state index in [1.807, 2.05) is 0 Å². The smallest absolute Gasteiger partial charge is 0.307 e. The molecule has 0 aliphatic carbocycles. The Kier molecular flexibility index (Phi) is 5.86. The van der Waals surface area contributed by atoms with Gasteiger partial charge in [0.2, 0.25) is 15.9 Å². The average molecular weight is 314 g/mol. The van der Waals surface area contributed by atoms with Crippen molar-refractivity contribution in [3.05, 3.63) is 29.8 Å². The molecule has 0 radical (unpaired) electrons. The van der Waals surface area contributed by atoms with Crippen LogP contribution in [0.5, 0.6) is 0 Å². The number of carboxylic acids is 1. The topological polar surface area (TPSA) is 104 Å². The number of nitrogens with one attached hydrogen (secondary N) is 1. The Morgan fingerprint density at radius 1 is 1.19 bits per heavy atom. The van der Waals surface area contributed by atoms with Crippen LogP contribution >= 0.6 is 0 Å². The minimum atomic E-state index is -3.70. The number of carboxylic acid groups (broad SMARTS) is 1. The lowest BCUT2D eigenvalue weighted by Crippen LogP contribution is -2.30. The van der Waals surface area contributed by atoms with Gasteiger partial charge in [-0.15, -0.1) is 0 Å². The highest BCUT2D eigenvalue weighted by molar-refractivity contribution is 7.89. The second-order valence-electron chi connectivity index (χ2n) is 4.65. The normalized spacial score (nSPS) is 11.1. The molecule has 0 saturated carbocycles. The first-order chi connectivity index (χ1) is 9.72. The summed E-state index contributed by atoms with van der Waals surface area (Å²) in [4.78, 5) is 23.3. The lowest BCUT2D eigenvalue weighted by Gasteiger charge is -2.11. The van der Waals surface area contributed by atoms with Crippen molar-refractivity contribution in [2.24, 2.45) is 0 Å². The Bertz CT molecular complexity index is 608. The molecule has 0 spiro atoms. The molecule has 0 fully saturated rings. The van der Waals surface area contributed by atoms with Crippen molar-refractivity contribution >= 4 is 21.9 Å². The third-order valence-electron chi connectivity index (χ3n) is 2.72. The highest BCUT2D eigenvalue weighted by Crippen LogP contribution is 2.11. The van der Waals surface area contributed by atoms with E-state index in [9.17, 15) is 18.0 Å². The summed E-state index contributed by atoms with van der Waals surface area (Å²) in [5, 5.41) is 8.64. The van der Waals surface area contributed by atoms with E-state index in [2.05, 4.69) is 4.72 Å². The first-order valence-electron chi connectivity index (χ1n) is 6.23. The van der Waals surface area contributed by atoms with Crippen LogP contribution in [0.4, 0.5) is 0 Å². The number of benzene rings is 1. The van der Waals surface area contributed by atoms with Gasteiger partial charge in [-0.3, -0.25) is 9.59 Å². The Hall–Kier alpha value is -1.93. The molecule has 0 bridgehead atoms. The summed E-state index contributed by atoms with van der Waals surface area (Å²) in [5.74, 6) is -1.15. The average Bonchev–Trinajstić information content (AvgIpc) is 2.38. The fourth-order valence-electron chi connectivity index (χ4n) is 1.56. The molecule has 116 valence electrons. The maximum atomic E-state index is 12.0. The number of aliphatic carboxylic acids is 1. The molecule has 1 amide bonds. The second-order valence-corrected chi connectivity index (χ2v) is 6.42. The number of amides is 1. The van der Waals surface area contributed by atoms with Gasteiger partial charge in [-0.2, -0.15) is 0 Å². The van der Waals surface area contributed by atoms with Gasteiger partial charge in [0, 0.05) is 27.1 Å². The number of rotatable bonds is 7. The van der Waals surface area contributed by atoms with Crippen LogP contribution in [0, 0.1) is 0 Å². The quantitative estimate of drug-likeness (QED) is 0.741. The van der Waals surface area contributed by atoms with E-state index in [1.54, 1.807) is 14.1 Å². The number of hydrogen-bond acceptors (Lipinski definition) is 4. The highest BCUT2D eigenvalue weighted by atomic mass is 32.2. The first kappa shape index (κ1) is 17.1. The van der Waals surface area contributed by atoms with Crippen molar-refractivity contribution in [3.63, 3.8) is 0 Å². The van der Waals surface area contributed by atoms with E-state index in [1.165, 1.54) is 29.2 Å². The second kappa shape index (κ2) is 7.19. The molecule has 21 heavy (non-hydrogen) atoms. The van der Waals surface area contributed by atoms with E-state index >= 15 is 0 Å². The molecule has 0 unspecified atom stereocenters. The van der Waals surface area contributed by atoms with Gasteiger partial charge in [-0.05, 0) is 17.7 Å². The molecule has 7 nitrogen and oxygen atoms in total. The van der Waals surface area contributed by atoms with Gasteiger partial charge in [-0.1, -0.05) is 12.1 Å². The number of sulfonamides is 1. The van der Waals surface area contributed by atoms with E-state index in [0.717, 1.165) is 0 Å². The summed E-state index contributed by atoms with van der Waals surface area (Å²) < 4.78 is 26.3. The minimum absolute atomic E-state index is 0.0101. The van der Waals surface area contributed by atoms with Crippen molar-refractivity contribution < 1.29 is 23.1 Å². The Balaban J connectivity index is 2.66. The zero-order chi connectivity index (χ0) is 16.0. The maximum absolute atomic E-state index is 12.0. The molecule has 0 atom stereocenters. The minimum Gasteiger partial charge on any atom is -0.481 e. The van der Waals surface area contributed by atoms with Crippen LogP contribution in [0.15, 0.2) is 29.2 Å². The van der Waals surface area contributed by atoms with Crippen molar-refractivity contribution in [2.75, 3.05) is 20.6 Å². The summed E-state index contributed by atoms with van der Waals surface area (Å²) in [5.41, 5.74) is 0.518. The fourth-order valence-corrected chi connectivity index (χ4v) is 2.59. The molecule has 0 heterocycles. The van der Waals surface area contributed by atoms with Gasteiger partial charge >= 0.3 is 5.97 Å². The van der Waals surface area contributed by atoms with Crippen LogP contribution in [0.25, 0.3) is 0 Å². The van der Waals surface area contributed by atoms with Crippen LogP contribution in [0.3, 0.4) is 0 Å². The van der Waals surface area contributed by atoms with Gasteiger partial charge in [0.1, 0.15) is 0 Å².